The highest BCUT2D eigenvalue weighted by atomic mass is 28.3. The second kappa shape index (κ2) is 15.5. The fourth-order valence-corrected chi connectivity index (χ4v) is 16.5. The van der Waals surface area contributed by atoms with Gasteiger partial charge in [-0.2, -0.15) is 0 Å². The fraction of sp³-hybridized carbons (Fsp3) is 0.0323. The molecule has 0 amide bonds. The Labute approximate surface area is 384 Å². The van der Waals surface area contributed by atoms with Crippen molar-refractivity contribution in [3.63, 3.8) is 0 Å². The van der Waals surface area contributed by atoms with Crippen LogP contribution in [0.1, 0.15) is 6.42 Å². The van der Waals surface area contributed by atoms with Gasteiger partial charge in [-0.1, -0.05) is 188 Å². The highest BCUT2D eigenvalue weighted by Gasteiger charge is 2.45. The molecule has 1 aliphatic carbocycles. The van der Waals surface area contributed by atoms with Crippen molar-refractivity contribution in [2.45, 2.75) is 12.0 Å². The maximum atomic E-state index is 6.56. The Hall–Kier alpha value is -8.18. The van der Waals surface area contributed by atoms with Crippen LogP contribution in [-0.2, 0) is 0 Å². The molecule has 0 bridgehead atoms. The normalized spacial score (nSPS) is 14.0. The summed E-state index contributed by atoms with van der Waals surface area (Å²) in [6.07, 6.45) is 10.3. The van der Waals surface area contributed by atoms with Crippen LogP contribution in [0.5, 0.6) is 0 Å². The summed E-state index contributed by atoms with van der Waals surface area (Å²) < 4.78 is 11.4. The number of furan rings is 1. The Kier molecular flexibility index (Phi) is 9.00. The zero-order valence-electron chi connectivity index (χ0n) is 36.3. The van der Waals surface area contributed by atoms with Crippen molar-refractivity contribution in [3.05, 3.63) is 249 Å². The van der Waals surface area contributed by atoms with Crippen LogP contribution < -0.4 is 15.6 Å². The number of hydrogen-bond acceptors (Lipinski definition) is 1. The Morgan fingerprint density at radius 2 is 0.955 bits per heavy atom. The van der Waals surface area contributed by atoms with Gasteiger partial charge < -0.3 is 4.42 Å². The van der Waals surface area contributed by atoms with Gasteiger partial charge in [-0.25, -0.2) is 0 Å². The molecule has 0 N–H and O–H groups in total. The van der Waals surface area contributed by atoms with E-state index in [1.807, 2.05) is 0 Å². The molecule has 0 radical (unpaired) electrons. The highest BCUT2D eigenvalue weighted by molar-refractivity contribution is 7.12. The van der Waals surface area contributed by atoms with Crippen molar-refractivity contribution >= 4 is 78.3 Å². The number of fused-ring (bicyclic) bond motifs is 7. The molecule has 12 aromatic rings. The molecule has 3 nitrogen and oxygen atoms in total. The summed E-state index contributed by atoms with van der Waals surface area (Å²) in [7, 11) is -2.55. The molecule has 0 spiro atoms. The monoisotopic (exact) mass is 860 g/mol. The third kappa shape index (κ3) is 6.03. The number of para-hydroxylation sites is 3. The van der Waals surface area contributed by atoms with Gasteiger partial charge in [-0.05, 0) is 110 Å². The van der Waals surface area contributed by atoms with Gasteiger partial charge in [-0.3, -0.25) is 9.13 Å². The minimum absolute atomic E-state index is 0.377. The molecule has 13 rings (SSSR count). The highest BCUT2D eigenvalue weighted by Crippen LogP contribution is 2.39. The molecule has 1 aliphatic rings. The summed E-state index contributed by atoms with van der Waals surface area (Å²) in [4.78, 5) is 0. The molecule has 4 heteroatoms. The fourth-order valence-electron chi connectivity index (χ4n) is 11.1. The molecule has 1 unspecified atom stereocenters. The van der Waals surface area contributed by atoms with Gasteiger partial charge in [0.25, 0.3) is 0 Å². The predicted octanol–water partition coefficient (Wildman–Crippen LogP) is 14.3. The van der Waals surface area contributed by atoms with Gasteiger partial charge in [-0.15, -0.1) is 0 Å². The van der Waals surface area contributed by atoms with Crippen molar-refractivity contribution in [2.24, 2.45) is 0 Å². The van der Waals surface area contributed by atoms with E-state index in [1.165, 1.54) is 59.4 Å². The second-order valence-corrected chi connectivity index (χ2v) is 21.7. The van der Waals surface area contributed by atoms with E-state index in [1.54, 1.807) is 0 Å². The van der Waals surface area contributed by atoms with Crippen LogP contribution in [0.2, 0.25) is 5.54 Å². The van der Waals surface area contributed by atoms with Crippen LogP contribution in [0, 0.1) is 0 Å². The van der Waals surface area contributed by atoms with Crippen LogP contribution in [-0.4, -0.2) is 17.2 Å². The number of hydrogen-bond donors (Lipinski definition) is 0. The van der Waals surface area contributed by atoms with Gasteiger partial charge in [0.15, 0.2) is 8.07 Å². The van der Waals surface area contributed by atoms with E-state index in [0.717, 1.165) is 50.9 Å². The molecule has 0 saturated carbocycles. The standard InChI is InChI=1S/C62H44N2OSi/c1-4-22-49(23-5-1)66(50-24-6-2-7-25-50,51-26-8-3-9-27-51)52-28-17-21-45(39-52)43-19-16-20-44(38-43)46-34-36-60-55(40-46)56-42-48(35-37-61(56)65-60)63-57-31-13-10-18-47(57)41-62(63)64-58-32-14-11-29-53(58)54-30-12-15-33-59(54)64/h1-26,28-42,51H,27H2. The van der Waals surface area contributed by atoms with Crippen molar-refractivity contribution in [2.75, 3.05) is 0 Å². The third-order valence-electron chi connectivity index (χ3n) is 14.1. The van der Waals surface area contributed by atoms with Gasteiger partial charge in [0, 0.05) is 32.6 Å². The van der Waals surface area contributed by atoms with Crippen LogP contribution in [0.25, 0.3) is 88.4 Å². The number of rotatable bonds is 8. The molecule has 3 heterocycles. The molecular weight excluding hydrogens is 817 g/mol. The van der Waals surface area contributed by atoms with Crippen LogP contribution in [0.15, 0.2) is 253 Å². The molecular formula is C62H44N2OSi. The Balaban J connectivity index is 0.929. The van der Waals surface area contributed by atoms with E-state index in [4.69, 9.17) is 4.42 Å². The number of nitrogens with zero attached hydrogens (tertiary/aromatic N) is 2. The van der Waals surface area contributed by atoms with E-state index >= 15 is 0 Å². The lowest BCUT2D eigenvalue weighted by molar-refractivity contribution is 0.669. The van der Waals surface area contributed by atoms with Gasteiger partial charge >= 0.3 is 0 Å². The largest absolute Gasteiger partial charge is 0.456 e. The minimum atomic E-state index is -2.55. The predicted molar refractivity (Wildman–Crippen MR) is 280 cm³/mol. The molecule has 3 aromatic heterocycles. The SMILES string of the molecule is C1=CCC([Si](c2ccccc2)(c2ccccc2)c2cccc(-c3cccc(-c4ccc5oc6ccc(-n7c(-n8c9ccccc9c9ccccc98)cc8ccccc87)cc6c5c4)c3)c2)C=C1. The average molecular weight is 861 g/mol. The smallest absolute Gasteiger partial charge is 0.155 e. The molecule has 312 valence electrons. The molecule has 1 atom stereocenters. The molecule has 0 saturated heterocycles. The maximum absolute atomic E-state index is 6.56. The summed E-state index contributed by atoms with van der Waals surface area (Å²) in [5.74, 6) is 1.10. The van der Waals surface area contributed by atoms with Crippen molar-refractivity contribution in [1.82, 2.24) is 9.13 Å². The minimum Gasteiger partial charge on any atom is -0.456 e. The zero-order chi connectivity index (χ0) is 43.6. The second-order valence-electron chi connectivity index (χ2n) is 17.6. The van der Waals surface area contributed by atoms with Gasteiger partial charge in [0.05, 0.1) is 16.6 Å². The Bertz CT molecular complexity index is 3780. The topological polar surface area (TPSA) is 23.0 Å². The van der Waals surface area contributed by atoms with Gasteiger partial charge in [0.1, 0.15) is 17.0 Å². The maximum Gasteiger partial charge on any atom is 0.155 e. The first-order valence-corrected chi connectivity index (χ1v) is 25.0. The van der Waals surface area contributed by atoms with E-state index in [9.17, 15) is 0 Å². The van der Waals surface area contributed by atoms with E-state index in [0.29, 0.717) is 5.54 Å². The first-order valence-electron chi connectivity index (χ1n) is 22.9. The summed E-state index contributed by atoms with van der Waals surface area (Å²) in [5.41, 5.74) is 11.5. The van der Waals surface area contributed by atoms with Crippen molar-refractivity contribution < 1.29 is 4.42 Å². The van der Waals surface area contributed by atoms with Crippen LogP contribution in [0.3, 0.4) is 0 Å². The number of benzene rings is 9. The van der Waals surface area contributed by atoms with Crippen LogP contribution in [0.4, 0.5) is 0 Å². The third-order valence-corrected chi connectivity index (χ3v) is 19.3. The van der Waals surface area contributed by atoms with Crippen LogP contribution >= 0.6 is 0 Å². The van der Waals surface area contributed by atoms with E-state index < -0.39 is 8.07 Å². The molecule has 9 aromatic carbocycles. The lowest BCUT2D eigenvalue weighted by Crippen LogP contribution is -2.69. The zero-order valence-corrected chi connectivity index (χ0v) is 37.3. The molecule has 0 fully saturated rings. The first kappa shape index (κ1) is 38.3. The Morgan fingerprint density at radius 1 is 0.394 bits per heavy atom. The lowest BCUT2D eigenvalue weighted by atomic mass is 9.98. The summed E-state index contributed by atoms with van der Waals surface area (Å²) in [5, 5.41) is 10.2. The first-order chi connectivity index (χ1) is 32.7. The average Bonchev–Trinajstić information content (AvgIpc) is 4.07. The molecule has 0 aliphatic heterocycles. The summed E-state index contributed by atoms with van der Waals surface area (Å²) in [6.45, 7) is 0. The van der Waals surface area contributed by atoms with E-state index in [-0.39, 0.29) is 0 Å². The van der Waals surface area contributed by atoms with Crippen molar-refractivity contribution in [1.29, 1.82) is 0 Å². The van der Waals surface area contributed by atoms with E-state index in [2.05, 4.69) is 258 Å². The number of allylic oxidation sites excluding steroid dienone is 4. The number of aromatic nitrogens is 2. The molecule has 66 heavy (non-hydrogen) atoms. The summed E-state index contributed by atoms with van der Waals surface area (Å²) in [6, 6.07) is 82.8. The van der Waals surface area contributed by atoms with Gasteiger partial charge in [0.2, 0.25) is 0 Å². The lowest BCUT2D eigenvalue weighted by Gasteiger charge is -2.40. The quantitative estimate of drug-likeness (QED) is 0.110. The Morgan fingerprint density at radius 3 is 1.64 bits per heavy atom. The summed E-state index contributed by atoms with van der Waals surface area (Å²) >= 11 is 0. The van der Waals surface area contributed by atoms with Crippen molar-refractivity contribution in [3.8, 4) is 33.8 Å².